The summed E-state index contributed by atoms with van der Waals surface area (Å²) >= 11 is 0. The summed E-state index contributed by atoms with van der Waals surface area (Å²) in [6.07, 6.45) is 0. The average Bonchev–Trinajstić information content (AvgIpc) is 2.86. The number of carbonyl (C=O) groups excluding carboxylic acids is 2. The molecule has 5 rings (SSSR count). The smallest absolute Gasteiger partial charge is 0.265 e. The summed E-state index contributed by atoms with van der Waals surface area (Å²) in [5.41, 5.74) is 6.03. The highest BCUT2D eigenvalue weighted by Crippen LogP contribution is 2.34. The second-order valence-corrected chi connectivity index (χ2v) is 9.00. The second-order valence-electron chi connectivity index (χ2n) is 9.00. The van der Waals surface area contributed by atoms with E-state index in [1.54, 1.807) is 4.90 Å². The molecule has 0 atom stereocenters. The Balaban J connectivity index is 1.23. The Morgan fingerprint density at radius 1 is 0.882 bits per heavy atom. The molecule has 34 heavy (non-hydrogen) atoms. The Hall–Kier alpha value is -3.80. The van der Waals surface area contributed by atoms with Gasteiger partial charge in [0.05, 0.1) is 12.2 Å². The third-order valence-corrected chi connectivity index (χ3v) is 6.62. The van der Waals surface area contributed by atoms with Crippen LogP contribution in [0.4, 0.5) is 11.4 Å². The van der Waals surface area contributed by atoms with Crippen molar-refractivity contribution in [1.29, 1.82) is 0 Å². The molecule has 0 N–H and O–H groups in total. The quantitative estimate of drug-likeness (QED) is 0.592. The van der Waals surface area contributed by atoms with Gasteiger partial charge in [-0.2, -0.15) is 0 Å². The van der Waals surface area contributed by atoms with Crippen molar-refractivity contribution >= 4 is 23.2 Å². The Kier molecular flexibility index (Phi) is 5.97. The molecule has 0 aliphatic carbocycles. The molecule has 2 amide bonds. The molecule has 2 aliphatic rings. The van der Waals surface area contributed by atoms with Crippen LogP contribution in [0.2, 0.25) is 0 Å². The first-order valence-corrected chi connectivity index (χ1v) is 11.7. The van der Waals surface area contributed by atoms with Gasteiger partial charge < -0.3 is 19.4 Å². The molecule has 0 bridgehead atoms. The van der Waals surface area contributed by atoms with E-state index in [4.69, 9.17) is 4.74 Å². The summed E-state index contributed by atoms with van der Waals surface area (Å²) in [4.78, 5) is 31.6. The van der Waals surface area contributed by atoms with Crippen LogP contribution in [0.25, 0.3) is 0 Å². The Morgan fingerprint density at radius 2 is 1.62 bits per heavy atom. The SMILES string of the molecule is Cc1ccc2c(c1)OCC(=O)N2Cc1ccc(C(=O)N2CCN(c3ccccc3C)CC2)cc1. The molecule has 174 valence electrons. The highest BCUT2D eigenvalue weighted by atomic mass is 16.5. The van der Waals surface area contributed by atoms with Crippen molar-refractivity contribution < 1.29 is 14.3 Å². The van der Waals surface area contributed by atoms with Crippen molar-refractivity contribution in [2.45, 2.75) is 20.4 Å². The van der Waals surface area contributed by atoms with E-state index in [1.165, 1.54) is 11.3 Å². The molecular formula is C28H29N3O3. The first-order valence-electron chi connectivity index (χ1n) is 11.7. The Bertz CT molecular complexity index is 1210. The van der Waals surface area contributed by atoms with Crippen LogP contribution in [0.3, 0.4) is 0 Å². The largest absolute Gasteiger partial charge is 0.482 e. The molecule has 6 heteroatoms. The normalized spacial score (nSPS) is 15.7. The van der Waals surface area contributed by atoms with E-state index in [9.17, 15) is 9.59 Å². The first-order chi connectivity index (χ1) is 16.5. The summed E-state index contributed by atoms with van der Waals surface area (Å²) in [7, 11) is 0. The predicted octanol–water partition coefficient (Wildman–Crippen LogP) is 4.19. The van der Waals surface area contributed by atoms with Gasteiger partial charge in [-0.05, 0) is 60.9 Å². The van der Waals surface area contributed by atoms with Crippen LogP contribution in [-0.2, 0) is 11.3 Å². The first kappa shape index (κ1) is 22.0. The average molecular weight is 456 g/mol. The minimum Gasteiger partial charge on any atom is -0.482 e. The van der Waals surface area contributed by atoms with Crippen LogP contribution in [0.5, 0.6) is 5.75 Å². The number of hydrogen-bond acceptors (Lipinski definition) is 4. The predicted molar refractivity (Wildman–Crippen MR) is 134 cm³/mol. The Morgan fingerprint density at radius 3 is 2.35 bits per heavy atom. The van der Waals surface area contributed by atoms with Gasteiger partial charge >= 0.3 is 0 Å². The molecule has 2 heterocycles. The van der Waals surface area contributed by atoms with Gasteiger partial charge in [-0.3, -0.25) is 9.59 Å². The van der Waals surface area contributed by atoms with E-state index in [0.29, 0.717) is 25.2 Å². The lowest BCUT2D eigenvalue weighted by Gasteiger charge is -2.36. The molecule has 0 unspecified atom stereocenters. The van der Waals surface area contributed by atoms with Crippen molar-refractivity contribution in [1.82, 2.24) is 4.90 Å². The number of aryl methyl sites for hydroxylation is 2. The summed E-state index contributed by atoms with van der Waals surface area (Å²) in [5, 5.41) is 0. The molecule has 2 aliphatic heterocycles. The standard InChI is InChI=1S/C28H29N3O3/c1-20-7-12-25-26(17-20)34-19-27(32)31(25)18-22-8-10-23(11-9-22)28(33)30-15-13-29(14-16-30)24-6-4-3-5-21(24)2/h3-12,17H,13-16,18-19H2,1-2H3. The van der Waals surface area contributed by atoms with Gasteiger partial charge in [0.1, 0.15) is 5.75 Å². The Labute approximate surface area is 200 Å². The minimum absolute atomic E-state index is 0.0432. The molecule has 3 aromatic carbocycles. The highest BCUT2D eigenvalue weighted by molar-refractivity contribution is 5.98. The molecule has 6 nitrogen and oxygen atoms in total. The number of amides is 2. The molecule has 0 aromatic heterocycles. The fourth-order valence-corrected chi connectivity index (χ4v) is 4.67. The zero-order valence-corrected chi connectivity index (χ0v) is 19.7. The number of nitrogens with zero attached hydrogens (tertiary/aromatic N) is 3. The van der Waals surface area contributed by atoms with Crippen LogP contribution in [0.1, 0.15) is 27.0 Å². The van der Waals surface area contributed by atoms with Gasteiger partial charge in [0.2, 0.25) is 0 Å². The van der Waals surface area contributed by atoms with E-state index in [1.807, 2.05) is 54.3 Å². The monoisotopic (exact) mass is 455 g/mol. The van der Waals surface area contributed by atoms with Gasteiger partial charge in [0.25, 0.3) is 11.8 Å². The summed E-state index contributed by atoms with van der Waals surface area (Å²) in [6.45, 7) is 7.67. The van der Waals surface area contributed by atoms with Crippen molar-refractivity contribution in [3.63, 3.8) is 0 Å². The molecule has 0 saturated carbocycles. The van der Waals surface area contributed by atoms with Gasteiger partial charge in [0.15, 0.2) is 6.61 Å². The maximum Gasteiger partial charge on any atom is 0.265 e. The van der Waals surface area contributed by atoms with Crippen molar-refractivity contribution in [2.24, 2.45) is 0 Å². The van der Waals surface area contributed by atoms with Crippen LogP contribution < -0.4 is 14.5 Å². The lowest BCUT2D eigenvalue weighted by atomic mass is 10.1. The maximum atomic E-state index is 13.1. The second kappa shape index (κ2) is 9.21. The molecule has 1 fully saturated rings. The number of fused-ring (bicyclic) bond motifs is 1. The molecule has 0 radical (unpaired) electrons. The lowest BCUT2D eigenvalue weighted by Crippen LogP contribution is -2.49. The number of carbonyl (C=O) groups is 2. The maximum absolute atomic E-state index is 13.1. The lowest BCUT2D eigenvalue weighted by molar-refractivity contribution is -0.121. The van der Waals surface area contributed by atoms with E-state index < -0.39 is 0 Å². The van der Waals surface area contributed by atoms with Crippen molar-refractivity contribution in [2.75, 3.05) is 42.6 Å². The van der Waals surface area contributed by atoms with Gasteiger partial charge in [-0.1, -0.05) is 36.4 Å². The highest BCUT2D eigenvalue weighted by Gasteiger charge is 2.26. The number of rotatable bonds is 4. The number of piperazine rings is 1. The summed E-state index contributed by atoms with van der Waals surface area (Å²) in [6, 6.07) is 21.9. The van der Waals surface area contributed by atoms with Crippen LogP contribution >= 0.6 is 0 Å². The number of hydrogen-bond donors (Lipinski definition) is 0. The van der Waals surface area contributed by atoms with Gasteiger partial charge in [0, 0.05) is 37.4 Å². The summed E-state index contributed by atoms with van der Waals surface area (Å²) < 4.78 is 5.60. The van der Waals surface area contributed by atoms with E-state index in [2.05, 4.69) is 36.1 Å². The van der Waals surface area contributed by atoms with Crippen molar-refractivity contribution in [3.8, 4) is 5.75 Å². The fraction of sp³-hybridized carbons (Fsp3) is 0.286. The fourth-order valence-electron chi connectivity index (χ4n) is 4.67. The molecule has 1 saturated heterocycles. The van der Waals surface area contributed by atoms with Crippen LogP contribution in [0.15, 0.2) is 66.7 Å². The molecular weight excluding hydrogens is 426 g/mol. The minimum atomic E-state index is -0.0666. The topological polar surface area (TPSA) is 53.1 Å². The number of ether oxygens (including phenoxy) is 1. The van der Waals surface area contributed by atoms with E-state index >= 15 is 0 Å². The van der Waals surface area contributed by atoms with Gasteiger partial charge in [-0.15, -0.1) is 0 Å². The molecule has 0 spiro atoms. The zero-order valence-electron chi connectivity index (χ0n) is 19.7. The third kappa shape index (κ3) is 4.36. The molecule has 3 aromatic rings. The number of para-hydroxylation sites is 1. The van der Waals surface area contributed by atoms with E-state index in [-0.39, 0.29) is 18.4 Å². The zero-order chi connectivity index (χ0) is 23.7. The van der Waals surface area contributed by atoms with Crippen LogP contribution in [-0.4, -0.2) is 49.5 Å². The van der Waals surface area contributed by atoms with Crippen molar-refractivity contribution in [3.05, 3.63) is 89.0 Å². The third-order valence-electron chi connectivity index (χ3n) is 6.62. The number of anilines is 2. The summed E-state index contributed by atoms with van der Waals surface area (Å²) in [5.74, 6) is 0.721. The van der Waals surface area contributed by atoms with E-state index in [0.717, 1.165) is 35.7 Å². The van der Waals surface area contributed by atoms with Gasteiger partial charge in [-0.25, -0.2) is 0 Å². The van der Waals surface area contributed by atoms with Crippen LogP contribution in [0, 0.1) is 13.8 Å². The number of benzene rings is 3.